The van der Waals surface area contributed by atoms with Gasteiger partial charge in [-0.15, -0.1) is 10.6 Å². The number of benzene rings is 3. The summed E-state index contributed by atoms with van der Waals surface area (Å²) in [4.78, 5) is 44.3. The lowest BCUT2D eigenvalue weighted by Crippen LogP contribution is -2.26. The van der Waals surface area contributed by atoms with Crippen LogP contribution in [0.15, 0.2) is 76.1 Å². The third kappa shape index (κ3) is 10.3. The molecule has 13 nitrogen and oxygen atoms in total. The molecule has 0 saturated carbocycles. The van der Waals surface area contributed by atoms with E-state index in [2.05, 4.69) is 35.6 Å². The van der Waals surface area contributed by atoms with Crippen molar-refractivity contribution in [3.05, 3.63) is 84.1 Å². The second-order valence-corrected chi connectivity index (χ2v) is 11.2. The summed E-state index contributed by atoms with van der Waals surface area (Å²) in [5.74, 6) is -2.10. The summed E-state index contributed by atoms with van der Waals surface area (Å²) < 4.78 is 89.0. The molecule has 0 spiro atoms. The normalized spacial score (nSPS) is 11.7. The fraction of sp³-hybridized carbons (Fsp3) is 0.194. The average molecular weight is 720 g/mol. The van der Waals surface area contributed by atoms with Crippen LogP contribution in [0.1, 0.15) is 19.4 Å². The molecular formula is C31H28F5N8O5S-. The van der Waals surface area contributed by atoms with Crippen molar-refractivity contribution >= 4 is 57.5 Å². The van der Waals surface area contributed by atoms with Crippen molar-refractivity contribution < 1.29 is 45.3 Å². The Morgan fingerprint density at radius 1 is 0.940 bits per heavy atom. The summed E-state index contributed by atoms with van der Waals surface area (Å²) in [6.07, 6.45) is -4.40. The molecule has 0 fully saturated rings. The van der Waals surface area contributed by atoms with Gasteiger partial charge in [0.25, 0.3) is 0 Å². The van der Waals surface area contributed by atoms with Gasteiger partial charge in [0.1, 0.15) is 17.5 Å². The van der Waals surface area contributed by atoms with Crippen LogP contribution in [-0.4, -0.2) is 47.7 Å². The van der Waals surface area contributed by atoms with Gasteiger partial charge in [-0.3, -0.25) is 9.16 Å². The molecule has 50 heavy (non-hydrogen) atoms. The molecule has 264 valence electrons. The maximum Gasteiger partial charge on any atom is 0.416 e. The number of carbonyl (C=O) groups is 3. The Bertz CT molecular complexity index is 1990. The summed E-state index contributed by atoms with van der Waals surface area (Å²) in [6, 6.07) is 10.0. The number of amides is 4. The van der Waals surface area contributed by atoms with Crippen LogP contribution in [0.3, 0.4) is 0 Å². The summed E-state index contributed by atoms with van der Waals surface area (Å²) in [7, 11) is -2.05. The molecule has 19 heteroatoms. The van der Waals surface area contributed by atoms with Crippen molar-refractivity contribution in [3.63, 3.8) is 0 Å². The molecule has 0 bridgehead atoms. The highest BCUT2D eigenvalue weighted by Crippen LogP contribution is 2.33. The van der Waals surface area contributed by atoms with Gasteiger partial charge in [-0.1, -0.05) is 29.2 Å². The van der Waals surface area contributed by atoms with E-state index >= 15 is 4.39 Å². The van der Waals surface area contributed by atoms with Crippen molar-refractivity contribution in [3.8, 4) is 11.1 Å². The monoisotopic (exact) mass is 719 g/mol. The molecule has 0 unspecified atom stereocenters. The Kier molecular flexibility index (Phi) is 12.2. The quantitative estimate of drug-likeness (QED) is 0.0619. The standard InChI is InChI=1S/C31H28F5N8O5S/c1-3-49-30(47)44-50(48)21-6-4-5-20(15-21)40-28-39-16-22(27(43-28)38-12-11-37-17(2)45)18-7-10-25(24(33)13-18)41-29(46)42-26-14-19(31(34,35)36)8-9-23(26)32/h4-10,13-16H,3,11-12H2,1-2H3,(H,37,45)(H2,41,42,46)(H2,38,39,40,43)/q-1. The van der Waals surface area contributed by atoms with Gasteiger partial charge >= 0.3 is 18.3 Å². The van der Waals surface area contributed by atoms with Crippen molar-refractivity contribution in [2.24, 2.45) is 4.36 Å². The van der Waals surface area contributed by atoms with Gasteiger partial charge in [-0.2, -0.15) is 18.2 Å². The van der Waals surface area contributed by atoms with Gasteiger partial charge in [0.2, 0.25) is 11.9 Å². The number of hydrogen-bond acceptors (Lipinski definition) is 10. The Morgan fingerprint density at radius 3 is 2.40 bits per heavy atom. The molecule has 0 aliphatic heterocycles. The van der Waals surface area contributed by atoms with E-state index in [4.69, 9.17) is 4.74 Å². The van der Waals surface area contributed by atoms with E-state index in [9.17, 15) is 36.2 Å². The second kappa shape index (κ2) is 16.5. The molecule has 0 saturated heterocycles. The van der Waals surface area contributed by atoms with E-state index < -0.39 is 51.8 Å². The van der Waals surface area contributed by atoms with E-state index in [1.54, 1.807) is 19.1 Å². The zero-order valence-corrected chi connectivity index (χ0v) is 27.0. The first-order valence-electron chi connectivity index (χ1n) is 14.5. The number of hydrogen-bond donors (Lipinski definition) is 5. The van der Waals surface area contributed by atoms with Crippen LogP contribution in [0.4, 0.5) is 60.4 Å². The van der Waals surface area contributed by atoms with E-state index in [1.807, 2.05) is 5.32 Å². The molecule has 1 heterocycles. The third-order valence-corrected chi connectivity index (χ3v) is 7.34. The van der Waals surface area contributed by atoms with Gasteiger partial charge < -0.3 is 35.5 Å². The number of rotatable bonds is 11. The molecule has 4 aromatic rings. The number of carbonyl (C=O) groups excluding carboxylic acids is 3. The fourth-order valence-electron chi connectivity index (χ4n) is 4.15. The lowest BCUT2D eigenvalue weighted by atomic mass is 10.1. The van der Waals surface area contributed by atoms with Crippen LogP contribution in [-0.2, 0) is 30.5 Å². The first-order chi connectivity index (χ1) is 23.7. The SMILES string of the molecule is CCOC(=O)N=[S-](=O)c1cccc(Nc2ncc(-c3ccc(NC(=O)Nc4cc(C(F)(F)F)ccc4F)c(F)c3)c(NCCNC(C)=O)n2)c1. The predicted octanol–water partition coefficient (Wildman–Crippen LogP) is 7.04. The molecule has 1 aromatic heterocycles. The highest BCUT2D eigenvalue weighted by atomic mass is 32.2. The number of halogens is 5. The lowest BCUT2D eigenvalue weighted by molar-refractivity contribution is -0.137. The third-order valence-electron chi connectivity index (χ3n) is 6.37. The topological polar surface area (TPSA) is 176 Å². The van der Waals surface area contributed by atoms with Gasteiger partial charge in [0.05, 0.1) is 23.5 Å². The summed E-state index contributed by atoms with van der Waals surface area (Å²) >= 11 is 0. The van der Waals surface area contributed by atoms with Crippen LogP contribution in [0.5, 0.6) is 0 Å². The summed E-state index contributed by atoms with van der Waals surface area (Å²) in [5, 5.41) is 12.7. The number of urea groups is 1. The zero-order valence-electron chi connectivity index (χ0n) is 26.2. The highest BCUT2D eigenvalue weighted by molar-refractivity contribution is 7.75. The number of aromatic nitrogens is 2. The zero-order chi connectivity index (χ0) is 36.4. The molecule has 0 radical (unpaired) electrons. The molecule has 4 amide bonds. The van der Waals surface area contributed by atoms with E-state index in [0.29, 0.717) is 29.4 Å². The largest absolute Gasteiger partial charge is 0.450 e. The minimum atomic E-state index is -4.78. The number of ether oxygens (including phenoxy) is 1. The highest BCUT2D eigenvalue weighted by Gasteiger charge is 2.31. The van der Waals surface area contributed by atoms with Crippen LogP contribution in [0, 0.1) is 11.6 Å². The van der Waals surface area contributed by atoms with Crippen molar-refractivity contribution in [1.29, 1.82) is 0 Å². The van der Waals surface area contributed by atoms with Crippen molar-refractivity contribution in [1.82, 2.24) is 15.3 Å². The van der Waals surface area contributed by atoms with E-state index in [-0.39, 0.29) is 53.5 Å². The molecule has 4 rings (SSSR count). The molecule has 0 aliphatic carbocycles. The summed E-state index contributed by atoms with van der Waals surface area (Å²) in [5.41, 5.74) is -1.41. The number of alkyl halides is 3. The Labute approximate surface area is 283 Å². The van der Waals surface area contributed by atoms with Gasteiger partial charge in [0, 0.05) is 37.5 Å². The Morgan fingerprint density at radius 2 is 1.70 bits per heavy atom. The Hall–Kier alpha value is -5.85. The minimum Gasteiger partial charge on any atom is -0.450 e. The molecular weight excluding hydrogens is 691 g/mol. The molecule has 0 aliphatic rings. The molecule has 0 atom stereocenters. The Balaban J connectivity index is 1.56. The smallest absolute Gasteiger partial charge is 0.416 e. The average Bonchev–Trinajstić information content (AvgIpc) is 3.05. The van der Waals surface area contributed by atoms with E-state index in [0.717, 1.165) is 6.07 Å². The second-order valence-electron chi connectivity index (χ2n) is 10.0. The van der Waals surface area contributed by atoms with Gasteiger partial charge in [-0.05, 0) is 48.9 Å². The predicted molar refractivity (Wildman–Crippen MR) is 174 cm³/mol. The van der Waals surface area contributed by atoms with Crippen molar-refractivity contribution in [2.45, 2.75) is 24.9 Å². The first-order valence-corrected chi connectivity index (χ1v) is 15.6. The van der Waals surface area contributed by atoms with Crippen LogP contribution >= 0.6 is 0 Å². The van der Waals surface area contributed by atoms with E-state index in [1.165, 1.54) is 37.4 Å². The fourth-order valence-corrected chi connectivity index (χ4v) is 4.86. The molecule has 5 N–H and O–H groups in total. The van der Waals surface area contributed by atoms with Crippen molar-refractivity contribution in [2.75, 3.05) is 41.0 Å². The minimum absolute atomic E-state index is 0.0540. The van der Waals surface area contributed by atoms with Gasteiger partial charge in [0.15, 0.2) is 0 Å². The number of nitrogens with zero attached hydrogens (tertiary/aromatic N) is 3. The lowest BCUT2D eigenvalue weighted by Gasteiger charge is -2.15. The maximum absolute atomic E-state index is 15.2. The summed E-state index contributed by atoms with van der Waals surface area (Å²) in [6.45, 7) is 3.39. The number of anilines is 5. The molecule has 3 aromatic carbocycles. The van der Waals surface area contributed by atoms with Gasteiger partial charge in [-0.25, -0.2) is 23.4 Å². The van der Waals surface area contributed by atoms with Crippen LogP contribution < -0.4 is 26.6 Å². The number of nitrogens with one attached hydrogen (secondary N) is 5. The first kappa shape index (κ1) is 37.0. The van der Waals surface area contributed by atoms with Crippen LogP contribution in [0.2, 0.25) is 0 Å². The maximum atomic E-state index is 15.2. The van der Waals surface area contributed by atoms with Crippen LogP contribution in [0.25, 0.3) is 11.1 Å².